The number of rotatable bonds is 5. The van der Waals surface area contributed by atoms with Crippen LogP contribution in [0.4, 0.5) is 22.0 Å². The molecule has 2 aromatic carbocycles. The highest BCUT2D eigenvalue weighted by Gasteiger charge is 2.40. The summed E-state index contributed by atoms with van der Waals surface area (Å²) < 4.78 is 70.5. The molecule has 0 saturated carbocycles. The summed E-state index contributed by atoms with van der Waals surface area (Å²) in [4.78, 5) is 4.07. The van der Waals surface area contributed by atoms with E-state index in [9.17, 15) is 22.8 Å². The molecule has 0 aliphatic carbocycles. The highest BCUT2D eigenvalue weighted by Crippen LogP contribution is 2.46. The van der Waals surface area contributed by atoms with E-state index in [-0.39, 0.29) is 17.0 Å². The molecular formula is C22H16F5N2OP. The van der Waals surface area contributed by atoms with Crippen molar-refractivity contribution in [2.45, 2.75) is 24.6 Å². The second kappa shape index (κ2) is 8.60. The van der Waals surface area contributed by atoms with Gasteiger partial charge in [0.15, 0.2) is 5.41 Å². The summed E-state index contributed by atoms with van der Waals surface area (Å²) in [6.07, 6.45) is -3.46. The van der Waals surface area contributed by atoms with Gasteiger partial charge >= 0.3 is 6.36 Å². The van der Waals surface area contributed by atoms with Gasteiger partial charge in [0.1, 0.15) is 17.5 Å². The van der Waals surface area contributed by atoms with E-state index in [0.29, 0.717) is 16.7 Å². The first kappa shape index (κ1) is 22.6. The van der Waals surface area contributed by atoms with E-state index in [0.717, 1.165) is 12.1 Å². The topological polar surface area (TPSA) is 45.9 Å². The van der Waals surface area contributed by atoms with Crippen molar-refractivity contribution in [3.8, 4) is 22.9 Å². The SMILES string of the molecule is Cc1ccc([C@H](C#N)C(F)(P)c2ccc(-c3ccc(OC(F)(F)F)cc3)cn2)c(F)c1. The number of alkyl halides is 4. The summed E-state index contributed by atoms with van der Waals surface area (Å²) in [7, 11) is 1.92. The Morgan fingerprint density at radius 2 is 1.65 bits per heavy atom. The number of aryl methyl sites for hydroxylation is 1. The van der Waals surface area contributed by atoms with Crippen LogP contribution in [0.3, 0.4) is 0 Å². The Kier molecular flexibility index (Phi) is 6.28. The average Bonchev–Trinajstić information content (AvgIpc) is 2.69. The normalized spacial score (nSPS) is 14.4. The van der Waals surface area contributed by atoms with Crippen LogP contribution in [-0.4, -0.2) is 11.3 Å². The molecule has 31 heavy (non-hydrogen) atoms. The molecule has 0 spiro atoms. The molecular weight excluding hydrogens is 434 g/mol. The van der Waals surface area contributed by atoms with Crippen LogP contribution in [0.1, 0.15) is 22.7 Å². The lowest BCUT2D eigenvalue weighted by molar-refractivity contribution is -0.274. The van der Waals surface area contributed by atoms with Crippen molar-refractivity contribution in [1.29, 1.82) is 5.26 Å². The highest BCUT2D eigenvalue weighted by atomic mass is 31.0. The van der Waals surface area contributed by atoms with Crippen molar-refractivity contribution in [3.05, 3.63) is 83.4 Å². The Bertz CT molecular complexity index is 1110. The van der Waals surface area contributed by atoms with Crippen molar-refractivity contribution in [2.24, 2.45) is 0 Å². The summed E-state index contributed by atoms with van der Waals surface area (Å²) in [5.41, 5.74) is 1.49. The molecule has 1 aromatic heterocycles. The molecule has 0 aliphatic heterocycles. The van der Waals surface area contributed by atoms with Gasteiger partial charge in [0, 0.05) is 17.3 Å². The maximum atomic E-state index is 15.6. The van der Waals surface area contributed by atoms with Crippen LogP contribution in [-0.2, 0) is 5.41 Å². The fourth-order valence-electron chi connectivity index (χ4n) is 3.04. The first-order chi connectivity index (χ1) is 14.5. The molecule has 3 nitrogen and oxygen atoms in total. The number of pyridine rings is 1. The predicted octanol–water partition coefficient (Wildman–Crippen LogP) is 6.40. The lowest BCUT2D eigenvalue weighted by Gasteiger charge is -2.25. The molecule has 0 saturated heterocycles. The van der Waals surface area contributed by atoms with E-state index in [4.69, 9.17) is 0 Å². The summed E-state index contributed by atoms with van der Waals surface area (Å²) >= 11 is 0. The number of hydrogen-bond acceptors (Lipinski definition) is 3. The molecule has 0 amide bonds. The fraction of sp³-hybridized carbons (Fsp3) is 0.182. The average molecular weight is 450 g/mol. The summed E-state index contributed by atoms with van der Waals surface area (Å²) in [6.45, 7) is 1.68. The van der Waals surface area contributed by atoms with Gasteiger partial charge in [0.2, 0.25) is 0 Å². The minimum absolute atomic E-state index is 0.0864. The number of halogens is 5. The van der Waals surface area contributed by atoms with Crippen molar-refractivity contribution in [3.63, 3.8) is 0 Å². The molecule has 0 aliphatic rings. The zero-order valence-corrected chi connectivity index (χ0v) is 17.3. The van der Waals surface area contributed by atoms with E-state index < -0.39 is 23.5 Å². The maximum absolute atomic E-state index is 15.6. The number of ether oxygens (including phenoxy) is 1. The second-order valence-corrected chi connectivity index (χ2v) is 7.70. The molecule has 0 N–H and O–H groups in total. The van der Waals surface area contributed by atoms with Crippen molar-refractivity contribution >= 4 is 9.24 Å². The Hall–Kier alpha value is -3.04. The van der Waals surface area contributed by atoms with Gasteiger partial charge in [-0.15, -0.1) is 13.2 Å². The van der Waals surface area contributed by atoms with Crippen LogP contribution < -0.4 is 4.74 Å². The largest absolute Gasteiger partial charge is 0.573 e. The maximum Gasteiger partial charge on any atom is 0.573 e. The van der Waals surface area contributed by atoms with Crippen LogP contribution in [0.5, 0.6) is 5.75 Å². The smallest absolute Gasteiger partial charge is 0.406 e. The van der Waals surface area contributed by atoms with Gasteiger partial charge in [-0.2, -0.15) is 5.26 Å². The summed E-state index contributed by atoms with van der Waals surface area (Å²) in [5, 5.41) is 7.15. The summed E-state index contributed by atoms with van der Waals surface area (Å²) in [5.74, 6) is -2.52. The number of aromatic nitrogens is 1. The van der Waals surface area contributed by atoms with Crippen molar-refractivity contribution in [1.82, 2.24) is 4.98 Å². The predicted molar refractivity (Wildman–Crippen MR) is 108 cm³/mol. The Balaban J connectivity index is 1.86. The minimum Gasteiger partial charge on any atom is -0.406 e. The lowest BCUT2D eigenvalue weighted by Crippen LogP contribution is -2.23. The Morgan fingerprint density at radius 3 is 2.16 bits per heavy atom. The zero-order valence-electron chi connectivity index (χ0n) is 16.1. The van der Waals surface area contributed by atoms with Gasteiger partial charge in [-0.25, -0.2) is 8.78 Å². The Morgan fingerprint density at radius 1 is 1.00 bits per heavy atom. The monoisotopic (exact) mass is 450 g/mol. The molecule has 3 rings (SSSR count). The van der Waals surface area contributed by atoms with Crippen molar-refractivity contribution in [2.75, 3.05) is 0 Å². The van der Waals surface area contributed by atoms with Crippen molar-refractivity contribution < 1.29 is 26.7 Å². The third-order valence-electron chi connectivity index (χ3n) is 4.59. The Labute approximate surface area is 177 Å². The van der Waals surface area contributed by atoms with Crippen LogP contribution in [0.15, 0.2) is 60.8 Å². The molecule has 0 radical (unpaired) electrons. The molecule has 1 heterocycles. The van der Waals surface area contributed by atoms with Crippen LogP contribution >= 0.6 is 9.24 Å². The molecule has 3 atom stereocenters. The third-order valence-corrected chi connectivity index (χ3v) is 5.22. The van der Waals surface area contributed by atoms with Gasteiger partial charge in [-0.1, -0.05) is 39.6 Å². The standard InChI is InChI=1S/C22H16F5N2OP/c1-13-2-8-17(19(23)10-13)18(11-28)21(24,31)20-9-5-15(12-29-20)14-3-6-16(7-4-14)30-22(25,26)27/h2-10,12,18H,31H2,1H3/t18-,21?/m0/s1. The van der Waals surface area contributed by atoms with Crippen LogP contribution in [0.25, 0.3) is 11.1 Å². The number of hydrogen-bond donors (Lipinski definition) is 0. The molecule has 3 aromatic rings. The molecule has 2 unspecified atom stereocenters. The molecule has 0 bridgehead atoms. The minimum atomic E-state index is -4.79. The van der Waals surface area contributed by atoms with Gasteiger partial charge in [-0.05, 0) is 42.3 Å². The van der Waals surface area contributed by atoms with Crippen LogP contribution in [0, 0.1) is 24.1 Å². The van der Waals surface area contributed by atoms with E-state index in [2.05, 4.69) is 9.72 Å². The van der Waals surface area contributed by atoms with E-state index in [1.165, 1.54) is 42.6 Å². The van der Waals surface area contributed by atoms with Gasteiger partial charge in [0.05, 0.1) is 11.8 Å². The third kappa shape index (κ3) is 5.18. The van der Waals surface area contributed by atoms with E-state index in [1.807, 2.05) is 9.24 Å². The van der Waals surface area contributed by atoms with Gasteiger partial charge < -0.3 is 4.74 Å². The van der Waals surface area contributed by atoms with Gasteiger partial charge in [0.25, 0.3) is 0 Å². The second-order valence-electron chi connectivity index (χ2n) is 6.86. The zero-order chi connectivity index (χ0) is 22.8. The first-order valence-corrected chi connectivity index (χ1v) is 9.55. The van der Waals surface area contributed by atoms with Crippen LogP contribution in [0.2, 0.25) is 0 Å². The highest BCUT2D eigenvalue weighted by molar-refractivity contribution is 7.18. The first-order valence-electron chi connectivity index (χ1n) is 8.97. The lowest BCUT2D eigenvalue weighted by atomic mass is 9.91. The molecule has 0 fully saturated rings. The summed E-state index contributed by atoms with van der Waals surface area (Å²) in [6, 6.07) is 14.0. The fourth-order valence-corrected chi connectivity index (χ4v) is 3.47. The van der Waals surface area contributed by atoms with E-state index in [1.54, 1.807) is 19.1 Å². The van der Waals surface area contributed by atoms with Gasteiger partial charge in [-0.3, -0.25) is 4.98 Å². The quantitative estimate of drug-likeness (QED) is 0.334. The molecule has 160 valence electrons. The number of benzene rings is 2. The van der Waals surface area contributed by atoms with E-state index >= 15 is 4.39 Å². The number of nitriles is 1. The molecule has 9 heteroatoms. The number of nitrogens with zero attached hydrogens (tertiary/aromatic N) is 2.